The van der Waals surface area contributed by atoms with Crippen LogP contribution in [0.1, 0.15) is 11.5 Å². The Morgan fingerprint density at radius 3 is 2.77 bits per heavy atom. The number of aliphatic hydroxyl groups is 1. The van der Waals surface area contributed by atoms with Crippen molar-refractivity contribution in [3.63, 3.8) is 0 Å². The number of carbonyl (C=O) groups excluding carboxylic acids is 1. The lowest BCUT2D eigenvalue weighted by Crippen LogP contribution is -2.49. The standard InChI is InChI=1S/C15H19N3O4/c1-11-12(16-15(22-11)13-3-2-8-21-13)9-17-4-6-18(7-5-17)14(20)10-19/h2-3,8,19H,4-7,9-10H2,1H3. The number of rotatable bonds is 4. The third-order valence-electron chi connectivity index (χ3n) is 3.86. The van der Waals surface area contributed by atoms with Gasteiger partial charge in [0.2, 0.25) is 5.91 Å². The quantitative estimate of drug-likeness (QED) is 0.903. The summed E-state index contributed by atoms with van der Waals surface area (Å²) in [6.07, 6.45) is 1.59. The van der Waals surface area contributed by atoms with Crippen molar-refractivity contribution in [2.75, 3.05) is 32.8 Å². The Bertz CT molecular complexity index is 627. The monoisotopic (exact) mass is 305 g/mol. The van der Waals surface area contributed by atoms with Crippen LogP contribution in [0.25, 0.3) is 11.7 Å². The van der Waals surface area contributed by atoms with Crippen molar-refractivity contribution in [2.24, 2.45) is 0 Å². The number of oxazole rings is 1. The third kappa shape index (κ3) is 3.05. The molecule has 0 bridgehead atoms. The molecule has 1 aliphatic rings. The van der Waals surface area contributed by atoms with Crippen LogP contribution in [0.3, 0.4) is 0 Å². The zero-order valence-corrected chi connectivity index (χ0v) is 12.5. The highest BCUT2D eigenvalue weighted by Gasteiger charge is 2.22. The van der Waals surface area contributed by atoms with E-state index in [-0.39, 0.29) is 5.91 Å². The second-order valence-electron chi connectivity index (χ2n) is 5.31. The highest BCUT2D eigenvalue weighted by molar-refractivity contribution is 5.77. The average molecular weight is 305 g/mol. The molecule has 118 valence electrons. The lowest BCUT2D eigenvalue weighted by atomic mass is 10.2. The second kappa shape index (κ2) is 6.33. The van der Waals surface area contributed by atoms with Gasteiger partial charge in [-0.25, -0.2) is 4.98 Å². The minimum Gasteiger partial charge on any atom is -0.459 e. The lowest BCUT2D eigenvalue weighted by molar-refractivity contribution is -0.136. The largest absolute Gasteiger partial charge is 0.459 e. The van der Waals surface area contributed by atoms with Gasteiger partial charge in [0.25, 0.3) is 5.89 Å². The predicted octanol–water partition coefficient (Wildman–Crippen LogP) is 0.880. The fraction of sp³-hybridized carbons (Fsp3) is 0.467. The van der Waals surface area contributed by atoms with Crippen molar-refractivity contribution in [3.8, 4) is 11.7 Å². The van der Waals surface area contributed by atoms with E-state index in [9.17, 15) is 4.79 Å². The minimum atomic E-state index is -0.422. The predicted molar refractivity (Wildman–Crippen MR) is 77.9 cm³/mol. The fourth-order valence-corrected chi connectivity index (χ4v) is 2.55. The Morgan fingerprint density at radius 1 is 1.36 bits per heavy atom. The zero-order valence-electron chi connectivity index (χ0n) is 12.5. The summed E-state index contributed by atoms with van der Waals surface area (Å²) in [5.41, 5.74) is 0.883. The number of furan rings is 1. The fourth-order valence-electron chi connectivity index (χ4n) is 2.55. The maximum atomic E-state index is 11.4. The Morgan fingerprint density at radius 2 is 2.14 bits per heavy atom. The summed E-state index contributed by atoms with van der Waals surface area (Å²) < 4.78 is 10.9. The van der Waals surface area contributed by atoms with Crippen molar-refractivity contribution in [1.29, 1.82) is 0 Å². The Kier molecular flexibility index (Phi) is 4.26. The van der Waals surface area contributed by atoms with E-state index in [0.717, 1.165) is 24.5 Å². The summed E-state index contributed by atoms with van der Waals surface area (Å²) >= 11 is 0. The molecule has 0 aromatic carbocycles. The van der Waals surface area contributed by atoms with Gasteiger partial charge in [0.15, 0.2) is 5.76 Å². The maximum absolute atomic E-state index is 11.4. The molecule has 1 N–H and O–H groups in total. The molecule has 0 unspecified atom stereocenters. The van der Waals surface area contributed by atoms with Crippen LogP contribution in [0.2, 0.25) is 0 Å². The van der Waals surface area contributed by atoms with E-state index >= 15 is 0 Å². The van der Waals surface area contributed by atoms with Crippen molar-refractivity contribution >= 4 is 5.91 Å². The first-order valence-electron chi connectivity index (χ1n) is 7.28. The maximum Gasteiger partial charge on any atom is 0.263 e. The molecule has 0 aliphatic carbocycles. The Balaban J connectivity index is 1.62. The van der Waals surface area contributed by atoms with Gasteiger partial charge in [-0.3, -0.25) is 9.69 Å². The number of piperazine rings is 1. The van der Waals surface area contributed by atoms with Crippen LogP contribution in [0.15, 0.2) is 27.2 Å². The van der Waals surface area contributed by atoms with Gasteiger partial charge in [0.05, 0.1) is 12.0 Å². The molecule has 1 saturated heterocycles. The summed E-state index contributed by atoms with van der Waals surface area (Å²) in [7, 11) is 0. The SMILES string of the molecule is Cc1oc(-c2ccco2)nc1CN1CCN(C(=O)CO)CC1. The minimum absolute atomic E-state index is 0.211. The molecule has 2 aromatic rings. The van der Waals surface area contributed by atoms with Gasteiger partial charge < -0.3 is 18.8 Å². The van der Waals surface area contributed by atoms with E-state index in [0.29, 0.717) is 31.3 Å². The molecule has 3 heterocycles. The molecule has 1 amide bonds. The first-order chi connectivity index (χ1) is 10.7. The number of hydrogen-bond donors (Lipinski definition) is 1. The number of amides is 1. The van der Waals surface area contributed by atoms with E-state index in [2.05, 4.69) is 9.88 Å². The third-order valence-corrected chi connectivity index (χ3v) is 3.86. The molecule has 0 saturated carbocycles. The van der Waals surface area contributed by atoms with E-state index in [1.165, 1.54) is 0 Å². The molecule has 2 aromatic heterocycles. The summed E-state index contributed by atoms with van der Waals surface area (Å²) in [5.74, 6) is 1.68. The van der Waals surface area contributed by atoms with Gasteiger partial charge in [-0.15, -0.1) is 0 Å². The number of aliphatic hydroxyl groups excluding tert-OH is 1. The van der Waals surface area contributed by atoms with E-state index in [1.54, 1.807) is 17.2 Å². The molecule has 1 aliphatic heterocycles. The first-order valence-corrected chi connectivity index (χ1v) is 7.28. The summed E-state index contributed by atoms with van der Waals surface area (Å²) in [6, 6.07) is 3.61. The van der Waals surface area contributed by atoms with Gasteiger partial charge in [0, 0.05) is 32.7 Å². The number of carbonyl (C=O) groups is 1. The van der Waals surface area contributed by atoms with Crippen LogP contribution < -0.4 is 0 Å². The number of hydrogen-bond acceptors (Lipinski definition) is 6. The number of aromatic nitrogens is 1. The van der Waals surface area contributed by atoms with Gasteiger partial charge in [0.1, 0.15) is 12.4 Å². The number of nitrogens with zero attached hydrogens (tertiary/aromatic N) is 3. The first kappa shape index (κ1) is 14.8. The topological polar surface area (TPSA) is 83.0 Å². The van der Waals surface area contributed by atoms with E-state index in [1.807, 2.05) is 13.0 Å². The van der Waals surface area contributed by atoms with Gasteiger partial charge in [-0.05, 0) is 19.1 Å². The highest BCUT2D eigenvalue weighted by atomic mass is 16.4. The van der Waals surface area contributed by atoms with Crippen LogP contribution in [-0.2, 0) is 11.3 Å². The molecule has 7 heteroatoms. The van der Waals surface area contributed by atoms with Crippen molar-refractivity contribution in [3.05, 3.63) is 29.9 Å². The number of aryl methyl sites for hydroxylation is 1. The van der Waals surface area contributed by atoms with Crippen LogP contribution in [0.4, 0.5) is 0 Å². The molecular formula is C15H19N3O4. The molecule has 7 nitrogen and oxygen atoms in total. The smallest absolute Gasteiger partial charge is 0.263 e. The molecule has 0 radical (unpaired) electrons. The van der Waals surface area contributed by atoms with Crippen LogP contribution in [-0.4, -0.2) is 58.6 Å². The van der Waals surface area contributed by atoms with Gasteiger partial charge >= 0.3 is 0 Å². The van der Waals surface area contributed by atoms with Crippen molar-refractivity contribution < 1.29 is 18.7 Å². The summed E-state index contributed by atoms with van der Waals surface area (Å²) in [5, 5.41) is 8.88. The second-order valence-corrected chi connectivity index (χ2v) is 5.31. The molecule has 0 atom stereocenters. The summed E-state index contributed by atoms with van der Waals surface area (Å²) in [4.78, 5) is 19.8. The summed E-state index contributed by atoms with van der Waals surface area (Å²) in [6.45, 7) is 4.91. The van der Waals surface area contributed by atoms with Gasteiger partial charge in [-0.1, -0.05) is 0 Å². The molecule has 22 heavy (non-hydrogen) atoms. The van der Waals surface area contributed by atoms with E-state index < -0.39 is 6.61 Å². The Labute approximate surface area is 128 Å². The average Bonchev–Trinajstić information content (AvgIpc) is 3.18. The highest BCUT2D eigenvalue weighted by Crippen LogP contribution is 2.23. The molecule has 1 fully saturated rings. The van der Waals surface area contributed by atoms with Gasteiger partial charge in [-0.2, -0.15) is 0 Å². The van der Waals surface area contributed by atoms with Crippen molar-refractivity contribution in [2.45, 2.75) is 13.5 Å². The van der Waals surface area contributed by atoms with E-state index in [4.69, 9.17) is 13.9 Å². The van der Waals surface area contributed by atoms with Crippen LogP contribution in [0.5, 0.6) is 0 Å². The lowest BCUT2D eigenvalue weighted by Gasteiger charge is -2.34. The van der Waals surface area contributed by atoms with Crippen LogP contribution in [0, 0.1) is 6.92 Å². The van der Waals surface area contributed by atoms with Crippen molar-refractivity contribution in [1.82, 2.24) is 14.8 Å². The normalized spacial score (nSPS) is 16.2. The zero-order chi connectivity index (χ0) is 15.5. The Hall–Kier alpha value is -2.12. The molecule has 0 spiro atoms. The molecular weight excluding hydrogens is 286 g/mol. The molecule has 3 rings (SSSR count). The van der Waals surface area contributed by atoms with Crippen LogP contribution >= 0.6 is 0 Å².